The molecule has 0 saturated heterocycles. The molecule has 3 nitrogen and oxygen atoms in total. The second kappa shape index (κ2) is 8.70. The van der Waals surface area contributed by atoms with Crippen molar-refractivity contribution in [1.82, 2.24) is 5.32 Å². The first-order valence-electron chi connectivity index (χ1n) is 7.68. The van der Waals surface area contributed by atoms with E-state index >= 15 is 0 Å². The van der Waals surface area contributed by atoms with Gasteiger partial charge in [-0.3, -0.25) is 4.79 Å². The molecule has 1 atom stereocenters. The predicted molar refractivity (Wildman–Crippen MR) is 98.2 cm³/mol. The summed E-state index contributed by atoms with van der Waals surface area (Å²) in [6.45, 7) is 6.61. The minimum absolute atomic E-state index is 0. The lowest BCUT2D eigenvalue weighted by Crippen LogP contribution is -2.32. The Hall–Kier alpha value is -1.84. The highest BCUT2D eigenvalue weighted by Gasteiger charge is 2.15. The number of hydrogen-bond donors (Lipinski definition) is 2. The van der Waals surface area contributed by atoms with Crippen LogP contribution >= 0.6 is 12.4 Å². The van der Waals surface area contributed by atoms with Crippen molar-refractivity contribution in [2.24, 2.45) is 5.73 Å². The predicted octanol–water partition coefficient (Wildman–Crippen LogP) is 3.97. The fraction of sp³-hybridized carbons (Fsp3) is 0.316. The van der Waals surface area contributed by atoms with Crippen molar-refractivity contribution in [3.05, 3.63) is 70.8 Å². The van der Waals surface area contributed by atoms with Crippen LogP contribution in [0.1, 0.15) is 52.9 Å². The molecule has 2 aromatic carbocycles. The summed E-state index contributed by atoms with van der Waals surface area (Å²) in [6, 6.07) is 15.6. The Morgan fingerprint density at radius 2 is 1.78 bits per heavy atom. The Kier molecular flexibility index (Phi) is 7.27. The first-order chi connectivity index (χ1) is 10.5. The molecule has 0 spiro atoms. The van der Waals surface area contributed by atoms with E-state index in [0.717, 1.165) is 22.3 Å². The average molecular weight is 333 g/mol. The maximum absolute atomic E-state index is 12.5. The minimum atomic E-state index is -0.197. The molecule has 3 N–H and O–H groups in total. The van der Waals surface area contributed by atoms with E-state index in [-0.39, 0.29) is 24.4 Å². The summed E-state index contributed by atoms with van der Waals surface area (Å²) >= 11 is 0. The summed E-state index contributed by atoms with van der Waals surface area (Å²) in [4.78, 5) is 12.5. The van der Waals surface area contributed by atoms with Crippen LogP contribution < -0.4 is 11.1 Å². The highest BCUT2D eigenvalue weighted by Crippen LogP contribution is 2.21. The summed E-state index contributed by atoms with van der Waals surface area (Å²) < 4.78 is 0. The van der Waals surface area contributed by atoms with E-state index in [0.29, 0.717) is 12.5 Å². The van der Waals surface area contributed by atoms with Crippen LogP contribution in [0.3, 0.4) is 0 Å². The fourth-order valence-corrected chi connectivity index (χ4v) is 2.49. The zero-order valence-electron chi connectivity index (χ0n) is 13.9. The number of halogens is 1. The molecule has 2 aromatic rings. The maximum atomic E-state index is 12.5. The number of carbonyl (C=O) groups excluding carboxylic acids is 1. The molecule has 0 heterocycles. The molecule has 2 rings (SSSR count). The van der Waals surface area contributed by atoms with Gasteiger partial charge < -0.3 is 11.1 Å². The van der Waals surface area contributed by atoms with Crippen LogP contribution in [0, 0.1) is 6.92 Å². The number of benzene rings is 2. The van der Waals surface area contributed by atoms with Crippen LogP contribution in [-0.2, 0) is 0 Å². The Balaban J connectivity index is 0.00000264. The largest absolute Gasteiger partial charge is 0.350 e. The molecule has 1 amide bonds. The van der Waals surface area contributed by atoms with Gasteiger partial charge in [0.05, 0.1) is 0 Å². The van der Waals surface area contributed by atoms with Crippen molar-refractivity contribution < 1.29 is 4.79 Å². The summed E-state index contributed by atoms with van der Waals surface area (Å²) in [6.07, 6.45) is 0. The topological polar surface area (TPSA) is 55.1 Å². The molecule has 0 aliphatic rings. The van der Waals surface area contributed by atoms with Crippen molar-refractivity contribution >= 4 is 18.3 Å². The minimum Gasteiger partial charge on any atom is -0.350 e. The lowest BCUT2D eigenvalue weighted by Gasteiger charge is -2.16. The SMILES string of the molecule is Cc1ccc(C(C)C)c(C(=O)NCC(N)c2ccccc2)c1.Cl. The van der Waals surface area contributed by atoms with Gasteiger partial charge in [0, 0.05) is 18.2 Å². The number of nitrogens with one attached hydrogen (secondary N) is 1. The molecule has 0 aliphatic carbocycles. The number of carbonyl (C=O) groups is 1. The summed E-state index contributed by atoms with van der Waals surface area (Å²) in [5.74, 6) is 0.253. The molecule has 0 aromatic heterocycles. The molecular formula is C19H25ClN2O. The highest BCUT2D eigenvalue weighted by atomic mass is 35.5. The van der Waals surface area contributed by atoms with Crippen molar-refractivity contribution in [2.45, 2.75) is 32.7 Å². The van der Waals surface area contributed by atoms with Gasteiger partial charge >= 0.3 is 0 Å². The van der Waals surface area contributed by atoms with Gasteiger partial charge in [-0.15, -0.1) is 12.4 Å². The van der Waals surface area contributed by atoms with Gasteiger partial charge in [-0.1, -0.05) is 61.9 Å². The molecular weight excluding hydrogens is 308 g/mol. The highest BCUT2D eigenvalue weighted by molar-refractivity contribution is 5.96. The third-order valence-corrected chi connectivity index (χ3v) is 3.79. The van der Waals surface area contributed by atoms with E-state index in [1.165, 1.54) is 0 Å². The zero-order valence-corrected chi connectivity index (χ0v) is 14.7. The van der Waals surface area contributed by atoms with E-state index in [1.54, 1.807) is 0 Å². The third kappa shape index (κ3) is 5.08. The molecule has 1 unspecified atom stereocenters. The second-order valence-electron chi connectivity index (χ2n) is 5.97. The lowest BCUT2D eigenvalue weighted by atomic mass is 9.95. The van der Waals surface area contributed by atoms with E-state index in [4.69, 9.17) is 5.73 Å². The molecule has 124 valence electrons. The Morgan fingerprint density at radius 1 is 1.13 bits per heavy atom. The molecule has 23 heavy (non-hydrogen) atoms. The standard InChI is InChI=1S/C19H24N2O.ClH/c1-13(2)16-10-9-14(3)11-17(16)19(22)21-12-18(20)15-7-5-4-6-8-15;/h4-11,13,18H,12,20H2,1-3H3,(H,21,22);1H. The van der Waals surface area contributed by atoms with Gasteiger partial charge in [0.15, 0.2) is 0 Å². The van der Waals surface area contributed by atoms with Gasteiger partial charge in [0.1, 0.15) is 0 Å². The normalized spacial score (nSPS) is 11.7. The Labute approximate surface area is 144 Å². The number of amides is 1. The monoisotopic (exact) mass is 332 g/mol. The van der Waals surface area contributed by atoms with Crippen LogP contribution in [0.5, 0.6) is 0 Å². The van der Waals surface area contributed by atoms with Gasteiger partial charge in [-0.05, 0) is 30.0 Å². The van der Waals surface area contributed by atoms with Crippen molar-refractivity contribution in [3.63, 3.8) is 0 Å². The molecule has 0 bridgehead atoms. The Bertz CT molecular complexity index is 641. The molecule has 0 saturated carbocycles. The summed E-state index contributed by atoms with van der Waals surface area (Å²) in [5, 5.41) is 2.96. The molecule has 0 aliphatic heterocycles. The molecule has 0 radical (unpaired) electrons. The molecule has 0 fully saturated rings. The van der Waals surface area contributed by atoms with Crippen LogP contribution in [-0.4, -0.2) is 12.5 Å². The summed E-state index contributed by atoms with van der Waals surface area (Å²) in [7, 11) is 0. The lowest BCUT2D eigenvalue weighted by molar-refractivity contribution is 0.0950. The van der Waals surface area contributed by atoms with Crippen LogP contribution in [0.25, 0.3) is 0 Å². The Morgan fingerprint density at radius 3 is 2.39 bits per heavy atom. The first kappa shape index (κ1) is 19.2. The van der Waals surface area contributed by atoms with Crippen LogP contribution in [0.15, 0.2) is 48.5 Å². The zero-order chi connectivity index (χ0) is 16.1. The molecule has 4 heteroatoms. The van der Waals surface area contributed by atoms with Gasteiger partial charge in [-0.25, -0.2) is 0 Å². The second-order valence-corrected chi connectivity index (χ2v) is 5.97. The van der Waals surface area contributed by atoms with Crippen LogP contribution in [0.4, 0.5) is 0 Å². The third-order valence-electron chi connectivity index (χ3n) is 3.79. The van der Waals surface area contributed by atoms with Crippen LogP contribution in [0.2, 0.25) is 0 Å². The number of hydrogen-bond acceptors (Lipinski definition) is 2. The quantitative estimate of drug-likeness (QED) is 0.870. The maximum Gasteiger partial charge on any atom is 0.251 e. The van der Waals surface area contributed by atoms with E-state index in [9.17, 15) is 4.79 Å². The van der Waals surface area contributed by atoms with Crippen molar-refractivity contribution in [1.29, 1.82) is 0 Å². The van der Waals surface area contributed by atoms with Gasteiger partial charge in [-0.2, -0.15) is 0 Å². The number of rotatable bonds is 5. The van der Waals surface area contributed by atoms with E-state index in [1.807, 2.05) is 55.5 Å². The fourth-order valence-electron chi connectivity index (χ4n) is 2.49. The van der Waals surface area contributed by atoms with E-state index in [2.05, 4.69) is 19.2 Å². The van der Waals surface area contributed by atoms with Gasteiger partial charge in [0.2, 0.25) is 0 Å². The van der Waals surface area contributed by atoms with Gasteiger partial charge in [0.25, 0.3) is 5.91 Å². The van der Waals surface area contributed by atoms with E-state index < -0.39 is 0 Å². The van der Waals surface area contributed by atoms with Crippen molar-refractivity contribution in [2.75, 3.05) is 6.54 Å². The first-order valence-corrected chi connectivity index (χ1v) is 7.68. The van der Waals surface area contributed by atoms with Crippen molar-refractivity contribution in [3.8, 4) is 0 Å². The number of nitrogens with two attached hydrogens (primary N) is 1. The average Bonchev–Trinajstić information content (AvgIpc) is 2.52. The summed E-state index contributed by atoms with van der Waals surface area (Å²) in [5.41, 5.74) is 10.1. The smallest absolute Gasteiger partial charge is 0.251 e. The number of aryl methyl sites for hydroxylation is 1.